The first-order valence-corrected chi connectivity index (χ1v) is 11.3. The van der Waals surface area contributed by atoms with Crippen LogP contribution in [0.1, 0.15) is 18.4 Å². The van der Waals surface area contributed by atoms with Gasteiger partial charge in [0, 0.05) is 10.6 Å². The van der Waals surface area contributed by atoms with Crippen molar-refractivity contribution in [2.24, 2.45) is 0 Å². The van der Waals surface area contributed by atoms with E-state index in [9.17, 15) is 13.2 Å². The molecule has 3 rings (SSSR count). The second kappa shape index (κ2) is 8.85. The van der Waals surface area contributed by atoms with E-state index in [1.807, 2.05) is 31.2 Å². The Bertz CT molecular complexity index is 1150. The van der Waals surface area contributed by atoms with Gasteiger partial charge in [0.05, 0.1) is 18.5 Å². The molecule has 0 aliphatic rings. The molecule has 0 radical (unpaired) electrons. The number of sulfonamides is 1. The summed E-state index contributed by atoms with van der Waals surface area (Å²) >= 11 is 5.87. The van der Waals surface area contributed by atoms with E-state index in [1.165, 1.54) is 6.92 Å². The zero-order chi connectivity index (χ0) is 21.9. The number of benzene rings is 2. The normalized spacial score (nSPS) is 12.4. The average molecular weight is 449 g/mol. The second-order valence-electron chi connectivity index (χ2n) is 6.81. The highest BCUT2D eigenvalue weighted by Gasteiger charge is 2.29. The summed E-state index contributed by atoms with van der Waals surface area (Å²) in [5.74, 6) is 0.116. The molecule has 0 spiro atoms. The van der Waals surface area contributed by atoms with Crippen molar-refractivity contribution in [3.63, 3.8) is 0 Å². The lowest BCUT2D eigenvalue weighted by atomic mass is 10.1. The first-order chi connectivity index (χ1) is 14.1. The SMILES string of the molecule is Cc1cccc(-c2noc(CNC(=O)[C@H](C)N(c3ccc(Cl)cc3)S(C)(=O)=O)n2)c1. The predicted octanol–water partition coefficient (Wildman–Crippen LogP) is 3.17. The zero-order valence-electron chi connectivity index (χ0n) is 16.7. The van der Waals surface area contributed by atoms with Gasteiger partial charge in [-0.15, -0.1) is 0 Å². The minimum absolute atomic E-state index is 0.0276. The number of amides is 1. The summed E-state index contributed by atoms with van der Waals surface area (Å²) in [4.78, 5) is 16.9. The van der Waals surface area contributed by atoms with Gasteiger partial charge < -0.3 is 9.84 Å². The molecule has 30 heavy (non-hydrogen) atoms. The molecule has 0 unspecified atom stereocenters. The van der Waals surface area contributed by atoms with E-state index in [4.69, 9.17) is 16.1 Å². The van der Waals surface area contributed by atoms with Crippen LogP contribution < -0.4 is 9.62 Å². The van der Waals surface area contributed by atoms with Gasteiger partial charge in [-0.2, -0.15) is 4.98 Å². The Morgan fingerprint density at radius 2 is 1.93 bits per heavy atom. The molecule has 0 aliphatic heterocycles. The van der Waals surface area contributed by atoms with Crippen molar-refractivity contribution in [3.05, 3.63) is 65.0 Å². The molecule has 2 aromatic carbocycles. The zero-order valence-corrected chi connectivity index (χ0v) is 18.2. The first-order valence-electron chi connectivity index (χ1n) is 9.07. The molecule has 158 valence electrons. The molecule has 1 heterocycles. The molecule has 1 N–H and O–H groups in total. The van der Waals surface area contributed by atoms with E-state index >= 15 is 0 Å². The number of rotatable bonds is 7. The Hall–Kier alpha value is -2.91. The fourth-order valence-electron chi connectivity index (χ4n) is 2.94. The highest BCUT2D eigenvalue weighted by Crippen LogP contribution is 2.23. The van der Waals surface area contributed by atoms with Gasteiger partial charge in [-0.1, -0.05) is 40.5 Å². The standard InChI is InChI=1S/C20H21ClN4O4S/c1-13-5-4-6-15(11-13)19-23-18(29-24-19)12-22-20(26)14(2)25(30(3,27)28)17-9-7-16(21)8-10-17/h4-11,14H,12H2,1-3H3,(H,22,26)/t14-/m0/s1. The van der Waals surface area contributed by atoms with Crippen LogP contribution in [0.15, 0.2) is 53.1 Å². The van der Waals surface area contributed by atoms with Gasteiger partial charge in [-0.05, 0) is 44.2 Å². The number of hydrogen-bond acceptors (Lipinski definition) is 6. The number of nitrogens with zero attached hydrogens (tertiary/aromatic N) is 3. The lowest BCUT2D eigenvalue weighted by molar-refractivity contribution is -0.122. The van der Waals surface area contributed by atoms with Crippen molar-refractivity contribution in [1.29, 1.82) is 0 Å². The number of halogens is 1. The van der Waals surface area contributed by atoms with E-state index < -0.39 is 22.0 Å². The van der Waals surface area contributed by atoms with Crippen molar-refractivity contribution in [2.75, 3.05) is 10.6 Å². The third-order valence-electron chi connectivity index (χ3n) is 4.33. The predicted molar refractivity (Wildman–Crippen MR) is 115 cm³/mol. The Morgan fingerprint density at radius 3 is 2.57 bits per heavy atom. The van der Waals surface area contributed by atoms with Crippen molar-refractivity contribution < 1.29 is 17.7 Å². The van der Waals surface area contributed by atoms with Gasteiger partial charge in [-0.3, -0.25) is 9.10 Å². The van der Waals surface area contributed by atoms with Crippen LogP contribution >= 0.6 is 11.6 Å². The topological polar surface area (TPSA) is 105 Å². The maximum atomic E-state index is 12.6. The maximum absolute atomic E-state index is 12.6. The van der Waals surface area contributed by atoms with Crippen LogP contribution in [0.3, 0.4) is 0 Å². The Morgan fingerprint density at radius 1 is 1.23 bits per heavy atom. The summed E-state index contributed by atoms with van der Waals surface area (Å²) in [5.41, 5.74) is 2.20. The minimum atomic E-state index is -3.72. The summed E-state index contributed by atoms with van der Waals surface area (Å²) in [6.07, 6.45) is 1.04. The molecule has 0 saturated heterocycles. The van der Waals surface area contributed by atoms with Gasteiger partial charge in [0.15, 0.2) is 0 Å². The first kappa shape index (κ1) is 21.8. The number of anilines is 1. The average Bonchev–Trinajstić information content (AvgIpc) is 3.16. The molecule has 3 aromatic rings. The Labute approximate surface area is 179 Å². The van der Waals surface area contributed by atoms with Crippen LogP contribution in [-0.2, 0) is 21.4 Å². The smallest absolute Gasteiger partial charge is 0.246 e. The third kappa shape index (κ3) is 5.17. The Kier molecular flexibility index (Phi) is 6.42. The number of carbonyl (C=O) groups excluding carboxylic acids is 1. The quantitative estimate of drug-likeness (QED) is 0.595. The maximum Gasteiger partial charge on any atom is 0.246 e. The van der Waals surface area contributed by atoms with Crippen LogP contribution in [0.25, 0.3) is 11.4 Å². The van der Waals surface area contributed by atoms with Gasteiger partial charge in [0.2, 0.25) is 27.6 Å². The number of aryl methyl sites for hydroxylation is 1. The lowest BCUT2D eigenvalue weighted by Crippen LogP contribution is -2.47. The second-order valence-corrected chi connectivity index (χ2v) is 9.11. The van der Waals surface area contributed by atoms with Crippen molar-refractivity contribution >= 4 is 33.2 Å². The lowest BCUT2D eigenvalue weighted by Gasteiger charge is -2.28. The fraction of sp³-hybridized carbons (Fsp3) is 0.250. The van der Waals surface area contributed by atoms with Gasteiger partial charge >= 0.3 is 0 Å². The molecular weight excluding hydrogens is 428 g/mol. The van der Waals surface area contributed by atoms with Gasteiger partial charge in [0.25, 0.3) is 0 Å². The largest absolute Gasteiger partial charge is 0.345 e. The molecule has 0 bridgehead atoms. The molecular formula is C20H21ClN4O4S. The van der Waals surface area contributed by atoms with Crippen molar-refractivity contribution in [3.8, 4) is 11.4 Å². The molecule has 0 saturated carbocycles. The number of carbonyl (C=O) groups is 1. The summed E-state index contributed by atoms with van der Waals surface area (Å²) in [7, 11) is -3.72. The molecule has 8 nitrogen and oxygen atoms in total. The fourth-order valence-corrected chi connectivity index (χ4v) is 4.24. The van der Waals surface area contributed by atoms with E-state index in [0.717, 1.165) is 21.7 Å². The van der Waals surface area contributed by atoms with Crippen molar-refractivity contribution in [1.82, 2.24) is 15.5 Å². The summed E-state index contributed by atoms with van der Waals surface area (Å²) in [6, 6.07) is 12.8. The monoisotopic (exact) mass is 448 g/mol. The van der Waals surface area contributed by atoms with Crippen LogP contribution in [0, 0.1) is 6.92 Å². The third-order valence-corrected chi connectivity index (χ3v) is 5.82. The highest BCUT2D eigenvalue weighted by molar-refractivity contribution is 7.92. The van der Waals surface area contributed by atoms with Gasteiger partial charge in [0.1, 0.15) is 6.04 Å². The van der Waals surface area contributed by atoms with Crippen molar-refractivity contribution in [2.45, 2.75) is 26.4 Å². The highest BCUT2D eigenvalue weighted by atomic mass is 35.5. The summed E-state index contributed by atoms with van der Waals surface area (Å²) in [5, 5.41) is 7.03. The molecule has 10 heteroatoms. The van der Waals surface area contributed by atoms with Crippen LogP contribution in [0.5, 0.6) is 0 Å². The molecule has 0 fully saturated rings. The number of hydrogen-bond donors (Lipinski definition) is 1. The Balaban J connectivity index is 1.71. The van der Waals surface area contributed by atoms with E-state index in [2.05, 4.69) is 15.5 Å². The summed E-state index contributed by atoms with van der Waals surface area (Å²) in [6.45, 7) is 3.43. The number of nitrogens with one attached hydrogen (secondary N) is 1. The number of aromatic nitrogens is 2. The van der Waals surface area contributed by atoms with Crippen LogP contribution in [0.4, 0.5) is 5.69 Å². The van der Waals surface area contributed by atoms with Gasteiger partial charge in [-0.25, -0.2) is 8.42 Å². The van der Waals surface area contributed by atoms with Crippen LogP contribution in [0.2, 0.25) is 5.02 Å². The molecule has 1 atom stereocenters. The van der Waals surface area contributed by atoms with E-state index in [0.29, 0.717) is 16.5 Å². The van der Waals surface area contributed by atoms with E-state index in [-0.39, 0.29) is 12.4 Å². The molecule has 1 aromatic heterocycles. The molecule has 0 aliphatic carbocycles. The van der Waals surface area contributed by atoms with Crippen LogP contribution in [-0.4, -0.2) is 36.8 Å². The summed E-state index contributed by atoms with van der Waals surface area (Å²) < 4.78 is 30.8. The molecule has 1 amide bonds. The minimum Gasteiger partial charge on any atom is -0.345 e. The van der Waals surface area contributed by atoms with E-state index in [1.54, 1.807) is 24.3 Å².